The molecule has 0 aliphatic heterocycles. The molecule has 0 saturated carbocycles. The smallest absolute Gasteiger partial charge is 0.319 e. The lowest BCUT2D eigenvalue weighted by molar-refractivity contribution is 0.252. The number of aryl methyl sites for hydroxylation is 1. The highest BCUT2D eigenvalue weighted by molar-refractivity contribution is 7.91. The van der Waals surface area contributed by atoms with Gasteiger partial charge in [0.15, 0.2) is 11.5 Å². The highest BCUT2D eigenvalue weighted by Gasteiger charge is 2.23. The molecule has 0 radical (unpaired) electrons. The van der Waals surface area contributed by atoms with Gasteiger partial charge >= 0.3 is 6.03 Å². The summed E-state index contributed by atoms with van der Waals surface area (Å²) >= 11 is 1.06. The van der Waals surface area contributed by atoms with Gasteiger partial charge in [0.2, 0.25) is 0 Å². The van der Waals surface area contributed by atoms with E-state index < -0.39 is 16.1 Å². The van der Waals surface area contributed by atoms with Crippen molar-refractivity contribution < 1.29 is 32.9 Å². The molecule has 0 fully saturated rings. The summed E-state index contributed by atoms with van der Waals surface area (Å²) in [6.07, 6.45) is 0. The predicted octanol–water partition coefficient (Wildman–Crippen LogP) is 5.04. The molecule has 12 heteroatoms. The van der Waals surface area contributed by atoms with Crippen molar-refractivity contribution in [2.45, 2.75) is 11.1 Å². The zero-order valence-corrected chi connectivity index (χ0v) is 22.7. The fourth-order valence-electron chi connectivity index (χ4n) is 3.61. The number of aromatic hydroxyl groups is 2. The number of urea groups is 1. The maximum Gasteiger partial charge on any atom is 0.319 e. The number of phenolic OH excluding ortho intramolecular Hbond substituents is 2. The molecule has 204 valence electrons. The molecule has 1 aromatic heterocycles. The molecule has 4 rings (SSSR count). The number of benzene rings is 3. The summed E-state index contributed by atoms with van der Waals surface area (Å²) in [5.41, 5.74) is 2.42. The summed E-state index contributed by atoms with van der Waals surface area (Å²) in [6, 6.07) is 17.4. The minimum Gasteiger partial charge on any atom is -0.504 e. The van der Waals surface area contributed by atoms with Crippen LogP contribution >= 0.6 is 11.3 Å². The van der Waals surface area contributed by atoms with Gasteiger partial charge in [0.25, 0.3) is 10.0 Å². The normalized spacial score (nSPS) is 11.1. The largest absolute Gasteiger partial charge is 0.504 e. The standard InChI is InChI=1S/C27H27N3O7S2/c1-17-3-9-21(25(15-17)37-20-8-10-23(31)24(32)16-20)22-11-14-38-26(22)39(34,35)29-13-12-28-27(33)30-18-4-6-19(36-2)7-5-18/h3-11,14-16,29,31-32H,12-13H2,1-2H3,(H2,28,30,33). The van der Waals surface area contributed by atoms with Gasteiger partial charge in [-0.15, -0.1) is 11.3 Å². The van der Waals surface area contributed by atoms with E-state index >= 15 is 0 Å². The van der Waals surface area contributed by atoms with Gasteiger partial charge in [-0.3, -0.25) is 0 Å². The van der Waals surface area contributed by atoms with Crippen LogP contribution in [-0.2, 0) is 10.0 Å². The first-order valence-electron chi connectivity index (χ1n) is 11.7. The Labute approximate surface area is 229 Å². The minimum atomic E-state index is -3.92. The lowest BCUT2D eigenvalue weighted by Gasteiger charge is -2.14. The van der Waals surface area contributed by atoms with Crippen LogP contribution in [0.4, 0.5) is 10.5 Å². The van der Waals surface area contributed by atoms with Crippen LogP contribution < -0.4 is 24.8 Å². The van der Waals surface area contributed by atoms with Crippen molar-refractivity contribution >= 4 is 33.1 Å². The molecule has 0 bridgehead atoms. The molecule has 10 nitrogen and oxygen atoms in total. The molecule has 3 aromatic carbocycles. The second-order valence-corrected chi connectivity index (χ2v) is 11.3. The third-order valence-electron chi connectivity index (χ3n) is 5.53. The van der Waals surface area contributed by atoms with E-state index in [9.17, 15) is 23.4 Å². The van der Waals surface area contributed by atoms with Crippen molar-refractivity contribution in [2.75, 3.05) is 25.5 Å². The Bertz CT molecular complexity index is 1570. The number of nitrogens with one attached hydrogen (secondary N) is 3. The van der Waals surface area contributed by atoms with E-state index in [2.05, 4.69) is 15.4 Å². The number of thiophene rings is 1. The van der Waals surface area contributed by atoms with Gasteiger partial charge in [-0.2, -0.15) is 0 Å². The molecule has 39 heavy (non-hydrogen) atoms. The van der Waals surface area contributed by atoms with Crippen LogP contribution in [0.15, 0.2) is 76.3 Å². The lowest BCUT2D eigenvalue weighted by Crippen LogP contribution is -2.36. The van der Waals surface area contributed by atoms with E-state index in [0.717, 1.165) is 16.9 Å². The van der Waals surface area contributed by atoms with Gasteiger partial charge in [-0.05, 0) is 66.4 Å². The third kappa shape index (κ3) is 6.99. The Morgan fingerprint density at radius 1 is 0.897 bits per heavy atom. The Kier molecular flexibility index (Phi) is 8.59. The first kappa shape index (κ1) is 27.8. The predicted molar refractivity (Wildman–Crippen MR) is 150 cm³/mol. The Balaban J connectivity index is 1.43. The van der Waals surface area contributed by atoms with E-state index in [0.29, 0.717) is 28.3 Å². The van der Waals surface area contributed by atoms with E-state index in [1.807, 2.05) is 13.0 Å². The van der Waals surface area contributed by atoms with Crippen molar-refractivity contribution in [3.8, 4) is 39.9 Å². The van der Waals surface area contributed by atoms with Crippen molar-refractivity contribution in [1.29, 1.82) is 0 Å². The summed E-state index contributed by atoms with van der Waals surface area (Å²) < 4.78 is 40.0. The molecular formula is C27H27N3O7S2. The Hall–Kier alpha value is -4.26. The number of sulfonamides is 1. The quantitative estimate of drug-likeness (QED) is 0.133. The van der Waals surface area contributed by atoms with Gasteiger partial charge in [0.05, 0.1) is 7.11 Å². The summed E-state index contributed by atoms with van der Waals surface area (Å²) in [5.74, 6) is 0.695. The number of hydrogen-bond donors (Lipinski definition) is 5. The summed E-state index contributed by atoms with van der Waals surface area (Å²) in [6.45, 7) is 1.90. The van der Waals surface area contributed by atoms with Crippen molar-refractivity contribution in [3.05, 3.63) is 77.7 Å². The molecule has 0 aliphatic carbocycles. The van der Waals surface area contributed by atoms with Crippen LogP contribution in [0.3, 0.4) is 0 Å². The third-order valence-corrected chi connectivity index (χ3v) is 8.47. The maximum absolute atomic E-state index is 13.2. The molecular weight excluding hydrogens is 542 g/mol. The molecule has 0 unspecified atom stereocenters. The number of ether oxygens (including phenoxy) is 2. The van der Waals surface area contributed by atoms with Crippen molar-refractivity contribution in [3.63, 3.8) is 0 Å². The number of hydrogen-bond acceptors (Lipinski definition) is 8. The molecule has 0 atom stereocenters. The summed E-state index contributed by atoms with van der Waals surface area (Å²) in [4.78, 5) is 12.1. The SMILES string of the molecule is COc1ccc(NC(=O)NCCNS(=O)(=O)c2sccc2-c2ccc(C)cc2Oc2ccc(O)c(O)c2)cc1. The van der Waals surface area contributed by atoms with Crippen molar-refractivity contribution in [2.24, 2.45) is 0 Å². The first-order chi connectivity index (χ1) is 18.7. The topological polar surface area (TPSA) is 146 Å². The first-order valence-corrected chi connectivity index (χ1v) is 14.1. The second kappa shape index (κ2) is 12.1. The van der Waals surface area contributed by atoms with Crippen LogP contribution in [0.25, 0.3) is 11.1 Å². The van der Waals surface area contributed by atoms with E-state index in [1.165, 1.54) is 18.2 Å². The average Bonchev–Trinajstić information content (AvgIpc) is 3.40. The molecule has 4 aromatic rings. The van der Waals surface area contributed by atoms with Crippen molar-refractivity contribution in [1.82, 2.24) is 10.0 Å². The molecule has 0 saturated heterocycles. The molecule has 2 amide bonds. The number of amides is 2. The zero-order valence-electron chi connectivity index (χ0n) is 21.1. The number of methoxy groups -OCH3 is 1. The second-order valence-electron chi connectivity index (χ2n) is 8.38. The Morgan fingerprint density at radius 2 is 1.64 bits per heavy atom. The fourth-order valence-corrected chi connectivity index (χ4v) is 6.06. The monoisotopic (exact) mass is 569 g/mol. The highest BCUT2D eigenvalue weighted by Crippen LogP contribution is 2.40. The van der Waals surface area contributed by atoms with Gasteiger partial charge in [0.1, 0.15) is 21.5 Å². The van der Waals surface area contributed by atoms with E-state index in [1.54, 1.807) is 55.0 Å². The average molecular weight is 570 g/mol. The molecule has 5 N–H and O–H groups in total. The summed E-state index contributed by atoms with van der Waals surface area (Å²) in [7, 11) is -2.37. The summed E-state index contributed by atoms with van der Waals surface area (Å²) in [5, 5.41) is 26.3. The number of carbonyl (C=O) groups is 1. The molecule has 1 heterocycles. The lowest BCUT2D eigenvalue weighted by atomic mass is 10.1. The number of rotatable bonds is 10. The Morgan fingerprint density at radius 3 is 2.36 bits per heavy atom. The van der Waals surface area contributed by atoms with Crippen LogP contribution in [0.1, 0.15) is 5.56 Å². The molecule has 0 spiro atoms. The number of phenols is 2. The van der Waals surface area contributed by atoms with E-state index in [4.69, 9.17) is 9.47 Å². The fraction of sp³-hybridized carbons (Fsp3) is 0.148. The molecule has 0 aliphatic rings. The number of anilines is 1. The van der Waals surface area contributed by atoms with Crippen LogP contribution in [-0.4, -0.2) is 44.9 Å². The van der Waals surface area contributed by atoms with Crippen LogP contribution in [0, 0.1) is 6.92 Å². The van der Waals surface area contributed by atoms with Crippen LogP contribution in [0.5, 0.6) is 28.7 Å². The van der Waals surface area contributed by atoms with Gasteiger partial charge in [0, 0.05) is 36.0 Å². The number of carbonyl (C=O) groups excluding carboxylic acids is 1. The van der Waals surface area contributed by atoms with Gasteiger partial charge < -0.3 is 30.3 Å². The minimum absolute atomic E-state index is 0.0280. The van der Waals surface area contributed by atoms with Gasteiger partial charge in [-0.1, -0.05) is 12.1 Å². The van der Waals surface area contributed by atoms with Crippen LogP contribution in [0.2, 0.25) is 0 Å². The van der Waals surface area contributed by atoms with E-state index in [-0.39, 0.29) is 34.5 Å². The highest BCUT2D eigenvalue weighted by atomic mass is 32.2. The zero-order chi connectivity index (χ0) is 28.0. The maximum atomic E-state index is 13.2. The van der Waals surface area contributed by atoms with Gasteiger partial charge in [-0.25, -0.2) is 17.9 Å².